The summed E-state index contributed by atoms with van der Waals surface area (Å²) in [4.78, 5) is 11.6. The fourth-order valence-electron chi connectivity index (χ4n) is 2.96. The van der Waals surface area contributed by atoms with Crippen LogP contribution >= 0.6 is 0 Å². The number of aryl methyl sites for hydroxylation is 1. The van der Waals surface area contributed by atoms with E-state index in [1.165, 1.54) is 12.8 Å². The normalized spacial score (nSPS) is 18.9. The summed E-state index contributed by atoms with van der Waals surface area (Å²) in [6.45, 7) is 6.99. The zero-order valence-electron chi connectivity index (χ0n) is 13.4. The van der Waals surface area contributed by atoms with E-state index in [1.54, 1.807) is 7.11 Å². The first-order chi connectivity index (χ1) is 10.2. The van der Waals surface area contributed by atoms with E-state index in [1.807, 2.05) is 6.92 Å². The lowest BCUT2D eigenvalue weighted by Gasteiger charge is -2.34. The molecule has 0 saturated carbocycles. The van der Waals surface area contributed by atoms with Crippen molar-refractivity contribution in [3.8, 4) is 0 Å². The number of nitrogens with one attached hydrogen (secondary N) is 1. The quantitative estimate of drug-likeness (QED) is 0.616. The van der Waals surface area contributed by atoms with Crippen LogP contribution in [0.15, 0.2) is 0 Å². The molecule has 0 aliphatic carbocycles. The number of nitrogens with zero attached hydrogens (tertiary/aromatic N) is 3. The van der Waals surface area contributed by atoms with Crippen molar-refractivity contribution in [3.05, 3.63) is 11.4 Å². The van der Waals surface area contributed by atoms with Gasteiger partial charge in [-0.2, -0.15) is 0 Å². The van der Waals surface area contributed by atoms with Crippen molar-refractivity contribution < 1.29 is 4.74 Å². The second kappa shape index (κ2) is 7.56. The summed E-state index contributed by atoms with van der Waals surface area (Å²) >= 11 is 0. The van der Waals surface area contributed by atoms with Gasteiger partial charge >= 0.3 is 0 Å². The van der Waals surface area contributed by atoms with Crippen molar-refractivity contribution in [2.45, 2.75) is 39.5 Å². The summed E-state index contributed by atoms with van der Waals surface area (Å²) in [6.07, 6.45) is 4.29. The molecule has 1 atom stereocenters. The predicted octanol–water partition coefficient (Wildman–Crippen LogP) is 1.89. The van der Waals surface area contributed by atoms with Gasteiger partial charge in [-0.3, -0.25) is 0 Å². The number of rotatable bonds is 6. The number of anilines is 2. The molecule has 1 saturated heterocycles. The lowest BCUT2D eigenvalue weighted by atomic mass is 9.98. The minimum atomic E-state index is 0.571. The van der Waals surface area contributed by atoms with Crippen molar-refractivity contribution in [2.24, 2.45) is 11.8 Å². The van der Waals surface area contributed by atoms with Gasteiger partial charge in [-0.25, -0.2) is 15.8 Å². The monoisotopic (exact) mass is 293 g/mol. The molecule has 1 aliphatic heterocycles. The Morgan fingerprint density at radius 2 is 2.24 bits per heavy atom. The van der Waals surface area contributed by atoms with Gasteiger partial charge in [0.2, 0.25) is 0 Å². The Morgan fingerprint density at radius 1 is 1.43 bits per heavy atom. The number of piperidine rings is 1. The second-order valence-corrected chi connectivity index (χ2v) is 5.74. The molecule has 1 aliphatic rings. The van der Waals surface area contributed by atoms with Crippen LogP contribution < -0.4 is 16.2 Å². The highest BCUT2D eigenvalue weighted by Crippen LogP contribution is 2.28. The summed E-state index contributed by atoms with van der Waals surface area (Å²) in [5.41, 5.74) is 3.73. The molecule has 6 heteroatoms. The Bertz CT molecular complexity index is 464. The van der Waals surface area contributed by atoms with Crippen molar-refractivity contribution in [1.29, 1.82) is 0 Å². The third-order valence-electron chi connectivity index (χ3n) is 4.00. The van der Waals surface area contributed by atoms with Crippen LogP contribution in [-0.4, -0.2) is 36.8 Å². The molecule has 1 aromatic rings. The van der Waals surface area contributed by atoms with Crippen LogP contribution in [0.4, 0.5) is 11.6 Å². The highest BCUT2D eigenvalue weighted by atomic mass is 16.5. The molecular weight excluding hydrogens is 266 g/mol. The molecule has 21 heavy (non-hydrogen) atoms. The highest BCUT2D eigenvalue weighted by Gasteiger charge is 2.23. The Hall–Kier alpha value is -1.40. The zero-order chi connectivity index (χ0) is 15.2. The van der Waals surface area contributed by atoms with Crippen LogP contribution in [0.3, 0.4) is 0 Å². The van der Waals surface area contributed by atoms with Gasteiger partial charge in [0.15, 0.2) is 0 Å². The van der Waals surface area contributed by atoms with Crippen LogP contribution in [0.1, 0.15) is 37.6 Å². The minimum Gasteiger partial charge on any atom is -0.384 e. The first-order valence-corrected chi connectivity index (χ1v) is 7.77. The van der Waals surface area contributed by atoms with Gasteiger partial charge in [0.05, 0.1) is 6.61 Å². The van der Waals surface area contributed by atoms with Crippen molar-refractivity contribution in [1.82, 2.24) is 9.97 Å². The van der Waals surface area contributed by atoms with Crippen LogP contribution in [0, 0.1) is 12.8 Å². The average molecular weight is 293 g/mol. The predicted molar refractivity (Wildman–Crippen MR) is 85.4 cm³/mol. The standard InChI is InChI=1S/C15H27N5O/c1-4-6-13-17-14(19-16)11(2)15(18-13)20-8-5-7-12(9-20)10-21-3/h12H,4-10,16H2,1-3H3,(H,17,18,19). The second-order valence-electron chi connectivity index (χ2n) is 5.74. The number of nitrogen functional groups attached to an aromatic ring is 1. The molecule has 1 unspecified atom stereocenters. The van der Waals surface area contributed by atoms with E-state index in [2.05, 4.69) is 22.2 Å². The van der Waals surface area contributed by atoms with Gasteiger partial charge in [-0.15, -0.1) is 0 Å². The smallest absolute Gasteiger partial charge is 0.148 e. The first-order valence-electron chi connectivity index (χ1n) is 7.77. The number of nitrogens with two attached hydrogens (primary N) is 1. The average Bonchev–Trinajstić information content (AvgIpc) is 2.49. The summed E-state index contributed by atoms with van der Waals surface area (Å²) in [6, 6.07) is 0. The number of hydrogen-bond acceptors (Lipinski definition) is 6. The molecule has 1 fully saturated rings. The maximum absolute atomic E-state index is 5.61. The molecule has 118 valence electrons. The van der Waals surface area contributed by atoms with Gasteiger partial charge < -0.3 is 15.1 Å². The third kappa shape index (κ3) is 3.83. The SMILES string of the molecule is CCCc1nc(NN)c(C)c(N2CCCC(COC)C2)n1. The Labute approximate surface area is 127 Å². The molecule has 0 aromatic carbocycles. The Kier molecular flexibility index (Phi) is 5.76. The van der Waals surface area contributed by atoms with Crippen LogP contribution in [-0.2, 0) is 11.2 Å². The molecule has 1 aromatic heterocycles. The number of methoxy groups -OCH3 is 1. The number of hydrazine groups is 1. The van der Waals surface area contributed by atoms with E-state index >= 15 is 0 Å². The Morgan fingerprint density at radius 3 is 2.90 bits per heavy atom. The summed E-state index contributed by atoms with van der Waals surface area (Å²) in [5, 5.41) is 0. The number of ether oxygens (including phenoxy) is 1. The van der Waals surface area contributed by atoms with Gasteiger partial charge in [-0.05, 0) is 32.1 Å². The Balaban J connectivity index is 2.26. The highest BCUT2D eigenvalue weighted by molar-refractivity contribution is 5.58. The minimum absolute atomic E-state index is 0.571. The van der Waals surface area contributed by atoms with Crippen molar-refractivity contribution >= 4 is 11.6 Å². The van der Waals surface area contributed by atoms with Crippen molar-refractivity contribution in [3.63, 3.8) is 0 Å². The van der Waals surface area contributed by atoms with Gasteiger partial charge in [0, 0.05) is 32.2 Å². The molecule has 2 heterocycles. The molecule has 0 radical (unpaired) electrons. The molecule has 0 bridgehead atoms. The molecule has 3 N–H and O–H groups in total. The lowest BCUT2D eigenvalue weighted by Crippen LogP contribution is -2.38. The van der Waals surface area contributed by atoms with E-state index in [0.29, 0.717) is 5.92 Å². The fourth-order valence-corrected chi connectivity index (χ4v) is 2.96. The van der Waals surface area contributed by atoms with Crippen LogP contribution in [0.2, 0.25) is 0 Å². The van der Waals surface area contributed by atoms with Gasteiger partial charge in [0.25, 0.3) is 0 Å². The lowest BCUT2D eigenvalue weighted by molar-refractivity contribution is 0.143. The van der Waals surface area contributed by atoms with Crippen molar-refractivity contribution in [2.75, 3.05) is 37.1 Å². The van der Waals surface area contributed by atoms with Gasteiger partial charge in [-0.1, -0.05) is 6.92 Å². The fraction of sp³-hybridized carbons (Fsp3) is 0.733. The first kappa shape index (κ1) is 16.0. The van der Waals surface area contributed by atoms with E-state index in [0.717, 1.165) is 55.6 Å². The summed E-state index contributed by atoms with van der Waals surface area (Å²) < 4.78 is 5.31. The maximum atomic E-state index is 5.61. The largest absolute Gasteiger partial charge is 0.384 e. The van der Waals surface area contributed by atoms with E-state index < -0.39 is 0 Å². The molecule has 6 nitrogen and oxygen atoms in total. The van der Waals surface area contributed by atoms with E-state index in [4.69, 9.17) is 15.6 Å². The molecule has 0 spiro atoms. The van der Waals surface area contributed by atoms with E-state index in [-0.39, 0.29) is 0 Å². The third-order valence-corrected chi connectivity index (χ3v) is 4.00. The summed E-state index contributed by atoms with van der Waals surface area (Å²) in [5.74, 6) is 8.79. The molecular formula is C15H27N5O. The zero-order valence-corrected chi connectivity index (χ0v) is 13.4. The van der Waals surface area contributed by atoms with Gasteiger partial charge in [0.1, 0.15) is 17.5 Å². The molecule has 2 rings (SSSR count). The van der Waals surface area contributed by atoms with E-state index in [9.17, 15) is 0 Å². The van der Waals surface area contributed by atoms with Crippen LogP contribution in [0.5, 0.6) is 0 Å². The maximum Gasteiger partial charge on any atom is 0.148 e. The topological polar surface area (TPSA) is 76.3 Å². The number of hydrogen-bond donors (Lipinski definition) is 2. The summed E-state index contributed by atoms with van der Waals surface area (Å²) in [7, 11) is 1.77. The molecule has 0 amide bonds. The van der Waals surface area contributed by atoms with Crippen LogP contribution in [0.25, 0.3) is 0 Å². The number of aromatic nitrogens is 2.